The number of benzene rings is 2. The molecule has 0 bridgehead atoms. The minimum Gasteiger partial charge on any atom is -0.481 e. The van der Waals surface area contributed by atoms with Crippen LogP contribution in [0.25, 0.3) is 10.8 Å². The second-order valence-corrected chi connectivity index (χ2v) is 4.43. The van der Waals surface area contributed by atoms with Gasteiger partial charge in [-0.15, -0.1) is 0 Å². The predicted octanol–water partition coefficient (Wildman–Crippen LogP) is 2.87. The van der Waals surface area contributed by atoms with Crippen molar-refractivity contribution in [2.45, 2.75) is 18.8 Å². The Morgan fingerprint density at radius 1 is 1.00 bits per heavy atom. The summed E-state index contributed by atoms with van der Waals surface area (Å²) in [5.41, 5.74) is 0.646. The van der Waals surface area contributed by atoms with Crippen molar-refractivity contribution in [2.75, 3.05) is 0 Å². The van der Waals surface area contributed by atoms with Gasteiger partial charge in [0, 0.05) is 6.42 Å². The van der Waals surface area contributed by atoms with E-state index in [1.54, 1.807) is 6.07 Å². The fourth-order valence-electron chi connectivity index (χ4n) is 2.13. The van der Waals surface area contributed by atoms with Crippen LogP contribution in [0.15, 0.2) is 42.5 Å². The van der Waals surface area contributed by atoms with Crippen molar-refractivity contribution in [1.29, 1.82) is 0 Å². The van der Waals surface area contributed by atoms with Crippen LogP contribution in [0.5, 0.6) is 0 Å². The second-order valence-electron chi connectivity index (χ2n) is 4.43. The molecular formula is C15H14O4. The Labute approximate surface area is 110 Å². The molecule has 4 nitrogen and oxygen atoms in total. The van der Waals surface area contributed by atoms with Crippen LogP contribution < -0.4 is 0 Å². The number of hydrogen-bond acceptors (Lipinski definition) is 2. The number of carboxylic acids is 2. The zero-order valence-corrected chi connectivity index (χ0v) is 10.2. The molecule has 0 fully saturated rings. The summed E-state index contributed by atoms with van der Waals surface area (Å²) in [7, 11) is 0. The fraction of sp³-hybridized carbons (Fsp3) is 0.200. The van der Waals surface area contributed by atoms with Crippen LogP contribution in [0.2, 0.25) is 0 Å². The molecule has 0 heterocycles. The molecule has 0 aliphatic heterocycles. The SMILES string of the molecule is O=C(O)CCC(C(=O)O)c1ccc2ccccc2c1. The van der Waals surface area contributed by atoms with Crippen LogP contribution in [-0.4, -0.2) is 22.2 Å². The van der Waals surface area contributed by atoms with Gasteiger partial charge in [-0.2, -0.15) is 0 Å². The van der Waals surface area contributed by atoms with Gasteiger partial charge in [0.25, 0.3) is 0 Å². The van der Waals surface area contributed by atoms with Gasteiger partial charge < -0.3 is 10.2 Å². The highest BCUT2D eigenvalue weighted by atomic mass is 16.4. The molecule has 0 aliphatic carbocycles. The van der Waals surface area contributed by atoms with Crippen LogP contribution in [-0.2, 0) is 9.59 Å². The lowest BCUT2D eigenvalue weighted by Crippen LogP contribution is -2.13. The largest absolute Gasteiger partial charge is 0.481 e. The van der Waals surface area contributed by atoms with Crippen molar-refractivity contribution in [2.24, 2.45) is 0 Å². The maximum atomic E-state index is 11.3. The first-order valence-electron chi connectivity index (χ1n) is 6.01. The highest BCUT2D eigenvalue weighted by Gasteiger charge is 2.20. The zero-order chi connectivity index (χ0) is 13.8. The first kappa shape index (κ1) is 13.1. The van der Waals surface area contributed by atoms with Crippen molar-refractivity contribution in [3.63, 3.8) is 0 Å². The Kier molecular flexibility index (Phi) is 3.80. The van der Waals surface area contributed by atoms with E-state index in [4.69, 9.17) is 5.11 Å². The van der Waals surface area contributed by atoms with E-state index < -0.39 is 17.9 Å². The summed E-state index contributed by atoms with van der Waals surface area (Å²) in [5, 5.41) is 19.9. The molecule has 0 aliphatic rings. The summed E-state index contributed by atoms with van der Waals surface area (Å²) in [6.45, 7) is 0. The van der Waals surface area contributed by atoms with E-state index in [2.05, 4.69) is 0 Å². The van der Waals surface area contributed by atoms with Gasteiger partial charge in [-0.3, -0.25) is 9.59 Å². The Morgan fingerprint density at radius 2 is 1.68 bits per heavy atom. The van der Waals surface area contributed by atoms with Gasteiger partial charge in [0.1, 0.15) is 0 Å². The standard InChI is InChI=1S/C15H14O4/c16-14(17)8-7-13(15(18)19)12-6-5-10-3-1-2-4-11(10)9-12/h1-6,9,13H,7-8H2,(H,16,17)(H,18,19). The molecule has 2 N–H and O–H groups in total. The quantitative estimate of drug-likeness (QED) is 0.864. The first-order chi connectivity index (χ1) is 9.08. The maximum absolute atomic E-state index is 11.3. The van der Waals surface area contributed by atoms with Crippen molar-refractivity contribution < 1.29 is 19.8 Å². The Morgan fingerprint density at radius 3 is 2.32 bits per heavy atom. The molecule has 0 amide bonds. The normalized spacial score (nSPS) is 12.2. The number of hydrogen-bond donors (Lipinski definition) is 2. The lowest BCUT2D eigenvalue weighted by Gasteiger charge is -2.12. The summed E-state index contributed by atoms with van der Waals surface area (Å²) in [6, 6.07) is 13.1. The van der Waals surface area contributed by atoms with E-state index in [9.17, 15) is 14.7 Å². The van der Waals surface area contributed by atoms with Crippen molar-refractivity contribution in [1.82, 2.24) is 0 Å². The zero-order valence-electron chi connectivity index (χ0n) is 10.2. The van der Waals surface area contributed by atoms with Gasteiger partial charge in [0.15, 0.2) is 0 Å². The summed E-state index contributed by atoms with van der Waals surface area (Å²) < 4.78 is 0. The molecule has 2 aromatic rings. The molecule has 98 valence electrons. The minimum absolute atomic E-state index is 0.100. The van der Waals surface area contributed by atoms with E-state index in [0.717, 1.165) is 10.8 Å². The average molecular weight is 258 g/mol. The molecule has 0 saturated carbocycles. The van der Waals surface area contributed by atoms with E-state index in [1.807, 2.05) is 36.4 Å². The number of rotatable bonds is 5. The Hall–Kier alpha value is -2.36. The lowest BCUT2D eigenvalue weighted by molar-refractivity contribution is -0.140. The summed E-state index contributed by atoms with van der Waals surface area (Å²) >= 11 is 0. The molecule has 0 saturated heterocycles. The minimum atomic E-state index is -0.989. The molecule has 1 unspecified atom stereocenters. The number of fused-ring (bicyclic) bond motifs is 1. The third kappa shape index (κ3) is 3.10. The van der Waals surface area contributed by atoms with Gasteiger partial charge in [0.2, 0.25) is 0 Å². The van der Waals surface area contributed by atoms with E-state index in [-0.39, 0.29) is 12.8 Å². The Balaban J connectivity index is 2.33. The van der Waals surface area contributed by atoms with Gasteiger partial charge in [-0.05, 0) is 22.8 Å². The van der Waals surface area contributed by atoms with Gasteiger partial charge in [0.05, 0.1) is 5.92 Å². The highest BCUT2D eigenvalue weighted by molar-refractivity contribution is 5.85. The predicted molar refractivity (Wildman–Crippen MR) is 71.2 cm³/mol. The summed E-state index contributed by atoms with van der Waals surface area (Å²) in [5.74, 6) is -2.75. The fourth-order valence-corrected chi connectivity index (χ4v) is 2.13. The lowest BCUT2D eigenvalue weighted by atomic mass is 9.92. The van der Waals surface area contributed by atoms with Crippen molar-refractivity contribution in [3.8, 4) is 0 Å². The van der Waals surface area contributed by atoms with Crippen LogP contribution in [0.4, 0.5) is 0 Å². The molecular weight excluding hydrogens is 244 g/mol. The smallest absolute Gasteiger partial charge is 0.310 e. The monoisotopic (exact) mass is 258 g/mol. The third-order valence-corrected chi connectivity index (χ3v) is 3.12. The summed E-state index contributed by atoms with van der Waals surface area (Å²) in [6.07, 6.45) is -0.0488. The molecule has 0 radical (unpaired) electrons. The summed E-state index contributed by atoms with van der Waals surface area (Å²) in [4.78, 5) is 21.8. The average Bonchev–Trinajstić information content (AvgIpc) is 2.38. The number of aliphatic carboxylic acids is 2. The molecule has 0 spiro atoms. The van der Waals surface area contributed by atoms with Crippen LogP contribution >= 0.6 is 0 Å². The van der Waals surface area contributed by atoms with Crippen molar-refractivity contribution in [3.05, 3.63) is 48.0 Å². The van der Waals surface area contributed by atoms with Crippen LogP contribution in [0.3, 0.4) is 0 Å². The van der Waals surface area contributed by atoms with Gasteiger partial charge in [-0.1, -0.05) is 42.5 Å². The molecule has 19 heavy (non-hydrogen) atoms. The van der Waals surface area contributed by atoms with Gasteiger partial charge >= 0.3 is 11.9 Å². The topological polar surface area (TPSA) is 74.6 Å². The Bertz CT molecular complexity index is 618. The van der Waals surface area contributed by atoms with E-state index >= 15 is 0 Å². The molecule has 2 aromatic carbocycles. The highest BCUT2D eigenvalue weighted by Crippen LogP contribution is 2.25. The van der Waals surface area contributed by atoms with E-state index in [0.29, 0.717) is 5.56 Å². The third-order valence-electron chi connectivity index (χ3n) is 3.12. The van der Waals surface area contributed by atoms with Crippen LogP contribution in [0, 0.1) is 0 Å². The molecule has 2 rings (SSSR count). The van der Waals surface area contributed by atoms with Gasteiger partial charge in [-0.25, -0.2) is 0 Å². The molecule has 0 aromatic heterocycles. The first-order valence-corrected chi connectivity index (χ1v) is 6.01. The number of carboxylic acid groups (broad SMARTS) is 2. The van der Waals surface area contributed by atoms with E-state index in [1.165, 1.54) is 0 Å². The van der Waals surface area contributed by atoms with Crippen LogP contribution in [0.1, 0.15) is 24.3 Å². The molecule has 1 atom stereocenters. The molecule has 4 heteroatoms. The second kappa shape index (κ2) is 5.52. The maximum Gasteiger partial charge on any atom is 0.310 e. The van der Waals surface area contributed by atoms with Crippen molar-refractivity contribution >= 4 is 22.7 Å². The number of carbonyl (C=O) groups is 2.